The van der Waals surface area contributed by atoms with E-state index in [-0.39, 0.29) is 11.6 Å². The summed E-state index contributed by atoms with van der Waals surface area (Å²) in [7, 11) is 0. The van der Waals surface area contributed by atoms with Crippen molar-refractivity contribution in [2.75, 3.05) is 5.32 Å². The number of pyridine rings is 1. The van der Waals surface area contributed by atoms with Gasteiger partial charge < -0.3 is 5.32 Å². The van der Waals surface area contributed by atoms with E-state index in [1.54, 1.807) is 23.0 Å². The monoisotopic (exact) mass is 346 g/mol. The summed E-state index contributed by atoms with van der Waals surface area (Å²) in [5, 5.41) is 8.09. The molecule has 23 heavy (non-hydrogen) atoms. The zero-order valence-electron chi connectivity index (χ0n) is 11.9. The van der Waals surface area contributed by atoms with Gasteiger partial charge in [-0.2, -0.15) is 5.10 Å². The van der Waals surface area contributed by atoms with Crippen LogP contribution >= 0.6 is 23.2 Å². The van der Waals surface area contributed by atoms with E-state index in [2.05, 4.69) is 15.4 Å². The highest BCUT2D eigenvalue weighted by molar-refractivity contribution is 6.31. The Labute approximate surface area is 142 Å². The highest BCUT2D eigenvalue weighted by Crippen LogP contribution is 2.18. The lowest BCUT2D eigenvalue weighted by Gasteiger charge is -2.10. The van der Waals surface area contributed by atoms with E-state index in [0.29, 0.717) is 22.4 Å². The van der Waals surface area contributed by atoms with Crippen LogP contribution in [0.2, 0.25) is 10.0 Å². The fraction of sp³-hybridized carbons (Fsp3) is 0.0625. The molecule has 0 aliphatic heterocycles. The number of nitrogens with zero attached hydrogens (tertiary/aromatic N) is 3. The fourth-order valence-electron chi connectivity index (χ4n) is 2.06. The van der Waals surface area contributed by atoms with Crippen molar-refractivity contribution in [3.05, 3.63) is 76.2 Å². The van der Waals surface area contributed by atoms with Gasteiger partial charge in [-0.25, -0.2) is 4.68 Å². The molecule has 0 saturated carbocycles. The van der Waals surface area contributed by atoms with Crippen molar-refractivity contribution < 1.29 is 4.79 Å². The molecule has 3 rings (SSSR count). The summed E-state index contributed by atoms with van der Waals surface area (Å²) in [5.41, 5.74) is 1.15. The lowest BCUT2D eigenvalue weighted by molar-refractivity contribution is 0.102. The average Bonchev–Trinajstić information content (AvgIpc) is 2.96. The first-order chi connectivity index (χ1) is 11.1. The Kier molecular flexibility index (Phi) is 4.60. The molecule has 1 N–H and O–H groups in total. The maximum Gasteiger partial charge on any atom is 0.275 e. The van der Waals surface area contributed by atoms with Crippen LogP contribution in [0.3, 0.4) is 0 Å². The highest BCUT2D eigenvalue weighted by atomic mass is 35.5. The third-order valence-electron chi connectivity index (χ3n) is 3.19. The van der Waals surface area contributed by atoms with Gasteiger partial charge in [0, 0.05) is 22.3 Å². The van der Waals surface area contributed by atoms with Crippen LogP contribution in [0.25, 0.3) is 0 Å². The highest BCUT2D eigenvalue weighted by Gasteiger charge is 2.12. The van der Waals surface area contributed by atoms with Gasteiger partial charge in [-0.1, -0.05) is 41.4 Å². The van der Waals surface area contributed by atoms with Gasteiger partial charge in [0.05, 0.1) is 12.7 Å². The summed E-state index contributed by atoms with van der Waals surface area (Å²) >= 11 is 12.0. The molecule has 1 amide bonds. The van der Waals surface area contributed by atoms with Crippen LogP contribution in [0.5, 0.6) is 0 Å². The van der Waals surface area contributed by atoms with Crippen molar-refractivity contribution in [3.63, 3.8) is 0 Å². The van der Waals surface area contributed by atoms with Crippen LogP contribution < -0.4 is 5.32 Å². The van der Waals surface area contributed by atoms with Gasteiger partial charge in [0.15, 0.2) is 0 Å². The van der Waals surface area contributed by atoms with E-state index in [1.165, 1.54) is 12.3 Å². The number of hydrogen-bond donors (Lipinski definition) is 1. The lowest BCUT2D eigenvalue weighted by Crippen LogP contribution is -2.17. The maximum absolute atomic E-state index is 12.2. The quantitative estimate of drug-likeness (QED) is 0.779. The number of halogens is 2. The molecule has 1 aromatic carbocycles. The number of benzene rings is 1. The maximum atomic E-state index is 12.2. The van der Waals surface area contributed by atoms with Crippen LogP contribution in [0, 0.1) is 0 Å². The second kappa shape index (κ2) is 6.81. The van der Waals surface area contributed by atoms with Crippen molar-refractivity contribution in [3.8, 4) is 0 Å². The Morgan fingerprint density at radius 2 is 1.96 bits per heavy atom. The smallest absolute Gasteiger partial charge is 0.275 e. The first-order valence-electron chi connectivity index (χ1n) is 6.81. The zero-order valence-corrected chi connectivity index (χ0v) is 13.4. The summed E-state index contributed by atoms with van der Waals surface area (Å²) in [5.74, 6) is 0.199. The molecular weight excluding hydrogens is 335 g/mol. The van der Waals surface area contributed by atoms with E-state index in [4.69, 9.17) is 23.2 Å². The minimum atomic E-state index is -0.353. The van der Waals surface area contributed by atoms with E-state index in [0.717, 1.165) is 5.56 Å². The van der Waals surface area contributed by atoms with Crippen molar-refractivity contribution in [2.24, 2.45) is 0 Å². The standard InChI is InChI=1S/C16H12Cl2N4O/c17-12-5-7-19-14(9-12)16(23)21-15-6-8-20-22(15)10-11-3-1-2-4-13(11)18/h1-9H,10H2,(H,21,23). The van der Waals surface area contributed by atoms with Gasteiger partial charge in [0.25, 0.3) is 5.91 Å². The Balaban J connectivity index is 1.79. The number of amides is 1. The molecule has 0 unspecified atom stereocenters. The van der Waals surface area contributed by atoms with Crippen LogP contribution in [0.1, 0.15) is 16.1 Å². The molecule has 0 bridgehead atoms. The third-order valence-corrected chi connectivity index (χ3v) is 3.79. The summed E-state index contributed by atoms with van der Waals surface area (Å²) in [4.78, 5) is 16.2. The molecule has 3 aromatic rings. The van der Waals surface area contributed by atoms with E-state index >= 15 is 0 Å². The Bertz CT molecular complexity index is 847. The van der Waals surface area contributed by atoms with E-state index in [1.807, 2.05) is 24.3 Å². The Morgan fingerprint density at radius 3 is 2.74 bits per heavy atom. The zero-order chi connectivity index (χ0) is 16.2. The molecule has 5 nitrogen and oxygen atoms in total. The Morgan fingerprint density at radius 1 is 1.13 bits per heavy atom. The van der Waals surface area contributed by atoms with E-state index in [9.17, 15) is 4.79 Å². The SMILES string of the molecule is O=C(Nc1ccnn1Cc1ccccc1Cl)c1cc(Cl)ccn1. The van der Waals surface area contributed by atoms with Crippen molar-refractivity contribution in [1.82, 2.24) is 14.8 Å². The largest absolute Gasteiger partial charge is 0.305 e. The number of anilines is 1. The van der Waals surface area contributed by atoms with E-state index < -0.39 is 0 Å². The van der Waals surface area contributed by atoms with Crippen molar-refractivity contribution in [2.45, 2.75) is 6.54 Å². The molecule has 0 radical (unpaired) electrons. The molecule has 0 saturated heterocycles. The van der Waals surface area contributed by atoms with Gasteiger partial charge in [-0.3, -0.25) is 9.78 Å². The first kappa shape index (κ1) is 15.5. The fourth-order valence-corrected chi connectivity index (χ4v) is 2.42. The molecule has 0 spiro atoms. The van der Waals surface area contributed by atoms with Gasteiger partial charge in [0.1, 0.15) is 11.5 Å². The molecule has 0 aliphatic rings. The Hall–Kier alpha value is -2.37. The summed E-state index contributed by atoms with van der Waals surface area (Å²) in [6, 6.07) is 12.3. The predicted octanol–water partition coefficient (Wildman–Crippen LogP) is 3.89. The van der Waals surface area contributed by atoms with Gasteiger partial charge in [-0.05, 0) is 23.8 Å². The molecular formula is C16H12Cl2N4O. The molecule has 2 aromatic heterocycles. The topological polar surface area (TPSA) is 59.8 Å². The lowest BCUT2D eigenvalue weighted by atomic mass is 10.2. The second-order valence-corrected chi connectivity index (χ2v) is 5.62. The normalized spacial score (nSPS) is 10.5. The van der Waals surface area contributed by atoms with Gasteiger partial charge in [-0.15, -0.1) is 0 Å². The molecule has 2 heterocycles. The number of carbonyl (C=O) groups excluding carboxylic acids is 1. The summed E-state index contributed by atoms with van der Waals surface area (Å²) in [6.45, 7) is 0.450. The van der Waals surface area contributed by atoms with Crippen LogP contribution in [-0.2, 0) is 6.54 Å². The molecule has 7 heteroatoms. The first-order valence-corrected chi connectivity index (χ1v) is 7.57. The molecule has 116 valence electrons. The summed E-state index contributed by atoms with van der Waals surface area (Å²) < 4.78 is 1.66. The minimum absolute atomic E-state index is 0.239. The number of rotatable bonds is 4. The number of aromatic nitrogens is 3. The van der Waals surface area contributed by atoms with Gasteiger partial charge in [0.2, 0.25) is 0 Å². The second-order valence-electron chi connectivity index (χ2n) is 4.78. The third kappa shape index (κ3) is 3.70. The molecule has 0 atom stereocenters. The average molecular weight is 347 g/mol. The number of carbonyl (C=O) groups is 1. The molecule has 0 aliphatic carbocycles. The van der Waals surface area contributed by atoms with Gasteiger partial charge >= 0.3 is 0 Å². The summed E-state index contributed by atoms with van der Waals surface area (Å²) in [6.07, 6.45) is 3.09. The number of hydrogen-bond acceptors (Lipinski definition) is 3. The van der Waals surface area contributed by atoms with Crippen LogP contribution in [0.15, 0.2) is 54.9 Å². The number of nitrogens with one attached hydrogen (secondary N) is 1. The molecule has 0 fully saturated rings. The van der Waals surface area contributed by atoms with Crippen LogP contribution in [0.4, 0.5) is 5.82 Å². The van der Waals surface area contributed by atoms with Crippen molar-refractivity contribution in [1.29, 1.82) is 0 Å². The van der Waals surface area contributed by atoms with Crippen LogP contribution in [-0.4, -0.2) is 20.7 Å². The predicted molar refractivity (Wildman–Crippen MR) is 90.0 cm³/mol. The minimum Gasteiger partial charge on any atom is -0.305 e. The van der Waals surface area contributed by atoms with Crippen molar-refractivity contribution >= 4 is 34.9 Å².